The van der Waals surface area contributed by atoms with E-state index < -0.39 is 5.92 Å². The number of allylic oxidation sites excluding steroid dienone is 2. The number of amidine groups is 1. The molecule has 0 saturated heterocycles. The van der Waals surface area contributed by atoms with Crippen molar-refractivity contribution < 1.29 is 9.90 Å². The van der Waals surface area contributed by atoms with Crippen LogP contribution in [0.25, 0.3) is 5.76 Å². The van der Waals surface area contributed by atoms with Crippen LogP contribution in [0.2, 0.25) is 0 Å². The molecule has 3 aromatic rings. The Morgan fingerprint density at radius 2 is 1.69 bits per heavy atom. The Labute approximate surface area is 216 Å². The van der Waals surface area contributed by atoms with E-state index in [0.29, 0.717) is 23.1 Å². The average Bonchev–Trinajstić information content (AvgIpc) is 2.88. The monoisotopic (exact) mass is 494 g/mol. The molecule has 36 heavy (non-hydrogen) atoms. The molecule has 1 heterocycles. The fourth-order valence-electron chi connectivity index (χ4n) is 5.24. The van der Waals surface area contributed by atoms with E-state index in [9.17, 15) is 15.3 Å². The molecular formula is C31H30N2O2S. The highest BCUT2D eigenvalue weighted by Crippen LogP contribution is 2.48. The maximum Gasteiger partial charge on any atom is 0.161 e. The van der Waals surface area contributed by atoms with Gasteiger partial charge in [0.05, 0.1) is 0 Å². The summed E-state index contributed by atoms with van der Waals surface area (Å²) in [5, 5.41) is 21.1. The van der Waals surface area contributed by atoms with E-state index in [1.165, 1.54) is 0 Å². The van der Waals surface area contributed by atoms with Gasteiger partial charge in [-0.15, -0.1) is 11.8 Å². The number of aliphatic hydroxyl groups excluding tert-OH is 1. The second-order valence-corrected chi connectivity index (χ2v) is 10.4. The number of hydrogen-bond acceptors (Lipinski definition) is 4. The van der Waals surface area contributed by atoms with Crippen LogP contribution in [-0.2, 0) is 4.79 Å². The number of hydrogen-bond donors (Lipinski definition) is 2. The van der Waals surface area contributed by atoms with Gasteiger partial charge in [-0.1, -0.05) is 54.1 Å². The van der Waals surface area contributed by atoms with Gasteiger partial charge in [0.2, 0.25) is 0 Å². The highest BCUT2D eigenvalue weighted by Gasteiger charge is 2.43. The van der Waals surface area contributed by atoms with Crippen molar-refractivity contribution in [1.82, 2.24) is 0 Å². The zero-order chi connectivity index (χ0) is 25.4. The molecule has 0 saturated carbocycles. The minimum Gasteiger partial charge on any atom is -0.507 e. The van der Waals surface area contributed by atoms with Crippen LogP contribution in [0.4, 0.5) is 5.69 Å². The predicted molar refractivity (Wildman–Crippen MR) is 149 cm³/mol. The third-order valence-corrected chi connectivity index (χ3v) is 7.79. The van der Waals surface area contributed by atoms with Crippen molar-refractivity contribution in [2.24, 2.45) is 0 Å². The Morgan fingerprint density at radius 1 is 0.972 bits per heavy atom. The number of carbonyl (C=O) groups is 1. The summed E-state index contributed by atoms with van der Waals surface area (Å²) in [4.78, 5) is 16.6. The summed E-state index contributed by atoms with van der Waals surface area (Å²) in [6.07, 6.45) is 3.99. The first-order valence-corrected chi connectivity index (χ1v) is 13.5. The lowest BCUT2D eigenvalue weighted by Gasteiger charge is -2.42. The molecule has 182 valence electrons. The Hall–Kier alpha value is -3.57. The molecule has 5 heteroatoms. The van der Waals surface area contributed by atoms with Crippen molar-refractivity contribution in [3.63, 3.8) is 0 Å². The number of aliphatic hydroxyl groups is 1. The summed E-state index contributed by atoms with van der Waals surface area (Å²) in [7, 11) is 0. The lowest BCUT2D eigenvalue weighted by atomic mass is 9.73. The molecule has 1 atom stereocenters. The Bertz CT molecular complexity index is 1400. The molecule has 5 rings (SSSR count). The van der Waals surface area contributed by atoms with Gasteiger partial charge in [0.25, 0.3) is 0 Å². The second kappa shape index (κ2) is 9.82. The molecule has 0 spiro atoms. The van der Waals surface area contributed by atoms with Crippen LogP contribution in [0, 0.1) is 19.3 Å². The van der Waals surface area contributed by atoms with Crippen LogP contribution in [-0.4, -0.2) is 23.0 Å². The van der Waals surface area contributed by atoms with Crippen LogP contribution in [0.15, 0.2) is 94.5 Å². The summed E-state index contributed by atoms with van der Waals surface area (Å²) in [5.41, 5.74) is 6.60. The maximum atomic E-state index is 13.6. The van der Waals surface area contributed by atoms with Gasteiger partial charge in [-0.25, -0.2) is 0 Å². The highest BCUT2D eigenvalue weighted by molar-refractivity contribution is 7.98. The third kappa shape index (κ3) is 4.28. The number of carbonyl (C=O) groups excluding carboxylic acids is 1. The molecule has 0 radical (unpaired) electrons. The molecule has 0 amide bonds. The van der Waals surface area contributed by atoms with Crippen molar-refractivity contribution in [3.05, 3.63) is 112 Å². The number of anilines is 1. The van der Waals surface area contributed by atoms with E-state index >= 15 is 0 Å². The van der Waals surface area contributed by atoms with E-state index in [-0.39, 0.29) is 17.4 Å². The Morgan fingerprint density at radius 3 is 2.36 bits per heavy atom. The molecule has 2 N–H and O–H groups in total. The Balaban J connectivity index is 1.81. The molecule has 3 aromatic carbocycles. The number of nitrogens with zero attached hydrogens (tertiary/aromatic N) is 1. The normalized spacial score (nSPS) is 19.4. The number of Topliss-reactive ketones (excluding diaryl/α,β-unsaturated/α-hetero) is 1. The van der Waals surface area contributed by atoms with Crippen molar-refractivity contribution in [1.29, 1.82) is 5.41 Å². The lowest BCUT2D eigenvalue weighted by molar-refractivity contribution is -0.116. The van der Waals surface area contributed by atoms with Gasteiger partial charge in [-0.3, -0.25) is 15.1 Å². The minimum absolute atomic E-state index is 0.0431. The second-order valence-electron chi connectivity index (χ2n) is 9.49. The van der Waals surface area contributed by atoms with Crippen molar-refractivity contribution >= 4 is 34.8 Å². The van der Waals surface area contributed by atoms with Crippen LogP contribution in [0.1, 0.15) is 47.4 Å². The van der Waals surface area contributed by atoms with Gasteiger partial charge in [-0.05, 0) is 68.3 Å². The van der Waals surface area contributed by atoms with E-state index in [0.717, 1.165) is 45.8 Å². The molecule has 2 aliphatic rings. The molecule has 1 unspecified atom stereocenters. The van der Waals surface area contributed by atoms with Gasteiger partial charge in [0.15, 0.2) is 5.78 Å². The first-order valence-electron chi connectivity index (χ1n) is 12.2. The summed E-state index contributed by atoms with van der Waals surface area (Å²) >= 11 is 1.66. The first kappa shape index (κ1) is 24.1. The quantitative estimate of drug-likeness (QED) is 0.290. The SMILES string of the molecule is CSc1ccc(C2C3=C(CCCC3=O)N(c3cccc(C)c3)C(=N)/C2=C(/O)c2ccc(C)cc2)cc1. The van der Waals surface area contributed by atoms with Crippen LogP contribution >= 0.6 is 11.8 Å². The molecule has 0 bridgehead atoms. The standard InChI is InChI=1S/C31H30N2O2S/c1-19-10-12-22(13-11-19)30(35)29-27(21-14-16-24(36-3)17-15-21)28-25(8-5-9-26(28)34)33(31(29)32)23-7-4-6-20(2)18-23/h4,6-7,10-18,27,32,35H,5,8-9H2,1-3H3/b30-29+,32-31?. The smallest absolute Gasteiger partial charge is 0.161 e. The molecule has 0 aromatic heterocycles. The highest BCUT2D eigenvalue weighted by atomic mass is 32.2. The van der Waals surface area contributed by atoms with Crippen LogP contribution < -0.4 is 4.90 Å². The number of aryl methyl sites for hydroxylation is 2. The number of thioether (sulfide) groups is 1. The molecular weight excluding hydrogens is 464 g/mol. The Kier molecular flexibility index (Phi) is 6.59. The van der Waals surface area contributed by atoms with Crippen molar-refractivity contribution in [3.8, 4) is 0 Å². The molecule has 4 nitrogen and oxygen atoms in total. The average molecular weight is 495 g/mol. The largest absolute Gasteiger partial charge is 0.507 e. The number of rotatable bonds is 4. The fourth-order valence-corrected chi connectivity index (χ4v) is 5.65. The van der Waals surface area contributed by atoms with E-state index in [1.54, 1.807) is 11.8 Å². The zero-order valence-corrected chi connectivity index (χ0v) is 21.7. The van der Waals surface area contributed by atoms with Gasteiger partial charge in [0, 0.05) is 45.3 Å². The lowest BCUT2D eigenvalue weighted by Crippen LogP contribution is -2.42. The topological polar surface area (TPSA) is 64.4 Å². The van der Waals surface area contributed by atoms with E-state index in [1.807, 2.05) is 97.8 Å². The summed E-state index contributed by atoms with van der Waals surface area (Å²) < 4.78 is 0. The number of ketones is 1. The summed E-state index contributed by atoms with van der Waals surface area (Å²) in [6.45, 7) is 4.03. The van der Waals surface area contributed by atoms with E-state index in [2.05, 4.69) is 0 Å². The van der Waals surface area contributed by atoms with Crippen molar-refractivity contribution in [2.45, 2.75) is 43.9 Å². The van der Waals surface area contributed by atoms with E-state index in [4.69, 9.17) is 0 Å². The summed E-state index contributed by atoms with van der Waals surface area (Å²) in [5.74, 6) is -0.152. The molecule has 0 fully saturated rings. The van der Waals surface area contributed by atoms with Crippen LogP contribution in [0.5, 0.6) is 0 Å². The fraction of sp³-hybridized carbons (Fsp3) is 0.226. The maximum absolute atomic E-state index is 13.6. The van der Waals surface area contributed by atoms with Crippen LogP contribution in [0.3, 0.4) is 0 Å². The predicted octanol–water partition coefficient (Wildman–Crippen LogP) is 7.58. The number of nitrogens with one attached hydrogen (secondary N) is 1. The molecule has 1 aliphatic heterocycles. The summed E-state index contributed by atoms with van der Waals surface area (Å²) in [6, 6.07) is 23.8. The van der Waals surface area contributed by atoms with Crippen molar-refractivity contribution in [2.75, 3.05) is 11.2 Å². The first-order chi connectivity index (χ1) is 17.4. The van der Waals surface area contributed by atoms with Gasteiger partial charge in [-0.2, -0.15) is 0 Å². The van der Waals surface area contributed by atoms with Gasteiger partial charge >= 0.3 is 0 Å². The molecule has 1 aliphatic carbocycles. The third-order valence-electron chi connectivity index (χ3n) is 7.04. The number of benzene rings is 3. The zero-order valence-electron chi connectivity index (χ0n) is 20.8. The van der Waals surface area contributed by atoms with Gasteiger partial charge < -0.3 is 5.11 Å². The minimum atomic E-state index is -0.501. The van der Waals surface area contributed by atoms with Gasteiger partial charge in [0.1, 0.15) is 11.6 Å².